The molecule has 0 aliphatic heterocycles. The van der Waals surface area contributed by atoms with Gasteiger partial charge < -0.3 is 10.1 Å². The van der Waals surface area contributed by atoms with E-state index in [1.807, 2.05) is 19.1 Å². The summed E-state index contributed by atoms with van der Waals surface area (Å²) in [7, 11) is 1.63. The highest BCUT2D eigenvalue weighted by Gasteiger charge is 2.15. The van der Waals surface area contributed by atoms with E-state index in [1.54, 1.807) is 13.2 Å². The molecule has 0 atom stereocenters. The molecular formula is C13H15N3O3. The van der Waals surface area contributed by atoms with Crippen LogP contribution in [-0.4, -0.2) is 30.2 Å². The molecule has 0 saturated carbocycles. The number of para-hydroxylation sites is 1. The Morgan fingerprint density at radius 2 is 2.26 bits per heavy atom. The van der Waals surface area contributed by atoms with E-state index >= 15 is 0 Å². The van der Waals surface area contributed by atoms with Gasteiger partial charge in [-0.1, -0.05) is 12.1 Å². The molecule has 0 aliphatic carbocycles. The lowest BCUT2D eigenvalue weighted by atomic mass is 10.1. The molecule has 1 aromatic carbocycles. The summed E-state index contributed by atoms with van der Waals surface area (Å²) in [4.78, 5) is 14.9. The number of hydrogen-bond donors (Lipinski definition) is 1. The first kappa shape index (κ1) is 13.2. The van der Waals surface area contributed by atoms with Crippen LogP contribution in [0.2, 0.25) is 0 Å². The molecule has 1 heterocycles. The largest absolute Gasteiger partial charge is 0.383 e. The van der Waals surface area contributed by atoms with Crippen LogP contribution in [0.5, 0.6) is 0 Å². The second-order valence-electron chi connectivity index (χ2n) is 4.16. The number of pyridine rings is 1. The van der Waals surface area contributed by atoms with Crippen molar-refractivity contribution in [1.82, 2.24) is 4.98 Å². The van der Waals surface area contributed by atoms with Crippen LogP contribution in [0.4, 0.5) is 11.4 Å². The summed E-state index contributed by atoms with van der Waals surface area (Å²) in [5.41, 5.74) is 2.01. The molecule has 0 aliphatic rings. The Labute approximate surface area is 110 Å². The monoisotopic (exact) mass is 261 g/mol. The number of methoxy groups -OCH3 is 1. The summed E-state index contributed by atoms with van der Waals surface area (Å²) in [6.45, 7) is 3.02. The highest BCUT2D eigenvalue weighted by Crippen LogP contribution is 2.29. The van der Waals surface area contributed by atoms with Crippen LogP contribution < -0.4 is 5.32 Å². The third-order valence-corrected chi connectivity index (χ3v) is 2.76. The zero-order valence-corrected chi connectivity index (χ0v) is 10.8. The van der Waals surface area contributed by atoms with Crippen LogP contribution in [0.3, 0.4) is 0 Å². The van der Waals surface area contributed by atoms with Gasteiger partial charge in [-0.05, 0) is 13.0 Å². The number of ether oxygens (including phenoxy) is 1. The number of fused-ring (bicyclic) bond motifs is 1. The minimum absolute atomic E-state index is 0.0241. The Balaban J connectivity index is 2.52. The normalized spacial score (nSPS) is 10.6. The second-order valence-corrected chi connectivity index (χ2v) is 4.16. The highest BCUT2D eigenvalue weighted by atomic mass is 16.6. The van der Waals surface area contributed by atoms with Crippen molar-refractivity contribution in [3.05, 3.63) is 40.1 Å². The molecule has 0 fully saturated rings. The molecule has 0 radical (unpaired) electrons. The van der Waals surface area contributed by atoms with Gasteiger partial charge in [0.1, 0.15) is 0 Å². The lowest BCUT2D eigenvalue weighted by Gasteiger charge is -2.10. The van der Waals surface area contributed by atoms with Crippen molar-refractivity contribution in [2.75, 3.05) is 25.6 Å². The summed E-state index contributed by atoms with van der Waals surface area (Å²) >= 11 is 0. The standard InChI is InChI=1S/C13H15N3O3/c1-9-8-11(14-6-7-19-2)10-4-3-5-12(16(17)18)13(10)15-9/h3-5,8H,6-7H2,1-2H3,(H,14,15). The third-order valence-electron chi connectivity index (χ3n) is 2.76. The number of non-ortho nitro benzene ring substituents is 1. The zero-order chi connectivity index (χ0) is 13.8. The molecule has 0 spiro atoms. The molecule has 6 nitrogen and oxygen atoms in total. The fraction of sp³-hybridized carbons (Fsp3) is 0.308. The summed E-state index contributed by atoms with van der Waals surface area (Å²) in [5, 5.41) is 15.0. The quantitative estimate of drug-likeness (QED) is 0.508. The first-order valence-electron chi connectivity index (χ1n) is 5.91. The predicted molar refractivity (Wildman–Crippen MR) is 73.5 cm³/mol. The summed E-state index contributed by atoms with van der Waals surface area (Å²) in [6, 6.07) is 6.83. The maximum Gasteiger partial charge on any atom is 0.295 e. The fourth-order valence-corrected chi connectivity index (χ4v) is 1.94. The Bertz CT molecular complexity index is 613. The van der Waals surface area contributed by atoms with Gasteiger partial charge >= 0.3 is 0 Å². The third kappa shape index (κ3) is 2.79. The Morgan fingerprint density at radius 3 is 2.95 bits per heavy atom. The molecule has 2 rings (SSSR count). The molecule has 6 heteroatoms. The first-order valence-corrected chi connectivity index (χ1v) is 5.91. The fourth-order valence-electron chi connectivity index (χ4n) is 1.94. The summed E-state index contributed by atoms with van der Waals surface area (Å²) in [5.74, 6) is 0. The van der Waals surface area contributed by atoms with E-state index in [0.29, 0.717) is 18.7 Å². The molecule has 0 bridgehead atoms. The van der Waals surface area contributed by atoms with Gasteiger partial charge in [0.05, 0.1) is 11.5 Å². The molecule has 0 amide bonds. The molecule has 1 aromatic heterocycles. The van der Waals surface area contributed by atoms with E-state index in [2.05, 4.69) is 10.3 Å². The van der Waals surface area contributed by atoms with Gasteiger partial charge in [0.25, 0.3) is 5.69 Å². The Morgan fingerprint density at radius 1 is 1.47 bits per heavy atom. The van der Waals surface area contributed by atoms with Gasteiger partial charge in [0.15, 0.2) is 5.52 Å². The number of aromatic nitrogens is 1. The average Bonchev–Trinajstić information content (AvgIpc) is 2.38. The minimum Gasteiger partial charge on any atom is -0.383 e. The van der Waals surface area contributed by atoms with Crippen LogP contribution in [0, 0.1) is 17.0 Å². The minimum atomic E-state index is -0.409. The van der Waals surface area contributed by atoms with E-state index in [1.165, 1.54) is 6.07 Å². The zero-order valence-electron chi connectivity index (χ0n) is 10.8. The number of nitro groups is 1. The van der Waals surface area contributed by atoms with E-state index in [9.17, 15) is 10.1 Å². The van der Waals surface area contributed by atoms with Crippen molar-refractivity contribution >= 4 is 22.3 Å². The number of aryl methyl sites for hydroxylation is 1. The van der Waals surface area contributed by atoms with Crippen molar-refractivity contribution in [2.45, 2.75) is 6.92 Å². The van der Waals surface area contributed by atoms with Crippen molar-refractivity contribution in [3.8, 4) is 0 Å². The average molecular weight is 261 g/mol. The van der Waals surface area contributed by atoms with Gasteiger partial charge in [-0.3, -0.25) is 10.1 Å². The molecule has 19 heavy (non-hydrogen) atoms. The Kier molecular flexibility index (Phi) is 3.91. The number of anilines is 1. The van der Waals surface area contributed by atoms with Gasteiger partial charge in [-0.2, -0.15) is 0 Å². The number of nitrogens with one attached hydrogen (secondary N) is 1. The Hall–Kier alpha value is -2.21. The predicted octanol–water partition coefficient (Wildman–Crippen LogP) is 2.51. The topological polar surface area (TPSA) is 77.3 Å². The maximum atomic E-state index is 11.0. The van der Waals surface area contributed by atoms with E-state index < -0.39 is 4.92 Å². The van der Waals surface area contributed by atoms with Crippen molar-refractivity contribution in [2.24, 2.45) is 0 Å². The summed E-state index contributed by atoms with van der Waals surface area (Å²) in [6.07, 6.45) is 0. The molecule has 1 N–H and O–H groups in total. The number of benzene rings is 1. The van der Waals surface area contributed by atoms with E-state index in [0.717, 1.165) is 16.8 Å². The maximum absolute atomic E-state index is 11.0. The molecule has 0 saturated heterocycles. The number of rotatable bonds is 5. The number of hydrogen-bond acceptors (Lipinski definition) is 5. The molecule has 0 unspecified atom stereocenters. The van der Waals surface area contributed by atoms with Crippen LogP contribution >= 0.6 is 0 Å². The SMILES string of the molecule is COCCNc1cc(C)nc2c([N+](=O)[O-])cccc12. The lowest BCUT2D eigenvalue weighted by molar-refractivity contribution is -0.383. The van der Waals surface area contributed by atoms with Gasteiger partial charge in [-0.15, -0.1) is 0 Å². The van der Waals surface area contributed by atoms with E-state index in [4.69, 9.17) is 4.74 Å². The number of nitrogens with zero attached hydrogens (tertiary/aromatic N) is 2. The highest BCUT2D eigenvalue weighted by molar-refractivity contribution is 5.96. The molecule has 2 aromatic rings. The lowest BCUT2D eigenvalue weighted by Crippen LogP contribution is -2.08. The van der Waals surface area contributed by atoms with Crippen molar-refractivity contribution in [1.29, 1.82) is 0 Å². The summed E-state index contributed by atoms with van der Waals surface area (Å²) < 4.78 is 4.98. The van der Waals surface area contributed by atoms with Crippen LogP contribution in [0.1, 0.15) is 5.69 Å². The van der Waals surface area contributed by atoms with Crippen molar-refractivity contribution < 1.29 is 9.66 Å². The van der Waals surface area contributed by atoms with Gasteiger partial charge in [0, 0.05) is 36.5 Å². The second kappa shape index (κ2) is 5.62. The first-order chi connectivity index (χ1) is 9.13. The van der Waals surface area contributed by atoms with Crippen LogP contribution in [0.15, 0.2) is 24.3 Å². The molecular weight excluding hydrogens is 246 g/mol. The van der Waals surface area contributed by atoms with Gasteiger partial charge in [-0.25, -0.2) is 4.98 Å². The smallest absolute Gasteiger partial charge is 0.295 e. The van der Waals surface area contributed by atoms with Crippen LogP contribution in [0.25, 0.3) is 10.9 Å². The van der Waals surface area contributed by atoms with E-state index in [-0.39, 0.29) is 5.69 Å². The number of nitro benzene ring substituents is 1. The van der Waals surface area contributed by atoms with Crippen molar-refractivity contribution in [3.63, 3.8) is 0 Å². The molecule has 100 valence electrons. The van der Waals surface area contributed by atoms with Gasteiger partial charge in [0.2, 0.25) is 0 Å². The van der Waals surface area contributed by atoms with Crippen LogP contribution in [-0.2, 0) is 4.74 Å².